The van der Waals surface area contributed by atoms with Gasteiger partial charge in [-0.1, -0.05) is 12.1 Å². The molecule has 0 saturated carbocycles. The molecule has 6 heteroatoms. The zero-order valence-electron chi connectivity index (χ0n) is 11.6. The fraction of sp³-hybridized carbons (Fsp3) is 0.533. The predicted octanol–water partition coefficient (Wildman–Crippen LogP) is 2.59. The number of likely N-dealkylation sites (tertiary alicyclic amines) is 1. The maximum atomic E-state index is 12.7. The van der Waals surface area contributed by atoms with E-state index in [1.807, 2.05) is 4.90 Å². The van der Waals surface area contributed by atoms with Crippen LogP contribution in [0.1, 0.15) is 28.8 Å². The highest BCUT2D eigenvalue weighted by molar-refractivity contribution is 5.98. The Bertz CT molecular complexity index is 500. The summed E-state index contributed by atoms with van der Waals surface area (Å²) < 4.78 is 38.1. The van der Waals surface area contributed by atoms with E-state index in [4.69, 9.17) is 5.11 Å². The number of carbonyl (C=O) groups excluding carboxylic acids is 1. The molecule has 1 heterocycles. The van der Waals surface area contributed by atoms with Crippen molar-refractivity contribution in [1.82, 2.24) is 4.90 Å². The monoisotopic (exact) mass is 301 g/mol. The largest absolute Gasteiger partial charge is 0.416 e. The van der Waals surface area contributed by atoms with Crippen LogP contribution in [-0.4, -0.2) is 42.0 Å². The van der Waals surface area contributed by atoms with Gasteiger partial charge in [0.2, 0.25) is 0 Å². The van der Waals surface area contributed by atoms with Crippen molar-refractivity contribution in [2.45, 2.75) is 19.0 Å². The Labute approximate surface area is 121 Å². The normalized spacial score (nSPS) is 20.5. The van der Waals surface area contributed by atoms with Crippen molar-refractivity contribution in [1.29, 1.82) is 0 Å². The van der Waals surface area contributed by atoms with Gasteiger partial charge in [-0.25, -0.2) is 0 Å². The lowest BCUT2D eigenvalue weighted by Crippen LogP contribution is -2.40. The first kappa shape index (κ1) is 16.0. The number of nitrogens with zero attached hydrogens (tertiary/aromatic N) is 1. The predicted molar refractivity (Wildman–Crippen MR) is 72.0 cm³/mol. The lowest BCUT2D eigenvalue weighted by Gasteiger charge is -2.31. The maximum Gasteiger partial charge on any atom is 0.416 e. The van der Waals surface area contributed by atoms with E-state index in [0.29, 0.717) is 19.5 Å². The van der Waals surface area contributed by atoms with Gasteiger partial charge in [0, 0.05) is 24.6 Å². The van der Waals surface area contributed by atoms with Gasteiger partial charge in [-0.3, -0.25) is 4.79 Å². The lowest BCUT2D eigenvalue weighted by atomic mass is 9.89. The van der Waals surface area contributed by atoms with E-state index in [1.165, 1.54) is 12.1 Å². The number of hydrogen-bond acceptors (Lipinski definition) is 3. The van der Waals surface area contributed by atoms with Gasteiger partial charge in [-0.05, 0) is 31.5 Å². The van der Waals surface area contributed by atoms with Crippen molar-refractivity contribution in [3.8, 4) is 0 Å². The molecule has 0 bridgehead atoms. The summed E-state index contributed by atoms with van der Waals surface area (Å²) in [5, 5.41) is 8.93. The van der Waals surface area contributed by atoms with Crippen molar-refractivity contribution < 1.29 is 23.1 Å². The van der Waals surface area contributed by atoms with Crippen LogP contribution in [0.2, 0.25) is 0 Å². The van der Waals surface area contributed by atoms with E-state index >= 15 is 0 Å². The molecule has 0 aliphatic carbocycles. The van der Waals surface area contributed by atoms with E-state index in [2.05, 4.69) is 0 Å². The average Bonchev–Trinajstić information content (AvgIpc) is 2.46. The van der Waals surface area contributed by atoms with Crippen molar-refractivity contribution in [3.63, 3.8) is 0 Å². The Morgan fingerprint density at radius 3 is 2.81 bits per heavy atom. The van der Waals surface area contributed by atoms with Gasteiger partial charge in [-0.15, -0.1) is 0 Å². The number of alkyl halides is 3. The summed E-state index contributed by atoms with van der Waals surface area (Å²) in [5.74, 6) is -0.544. The first-order chi connectivity index (χ1) is 9.91. The van der Waals surface area contributed by atoms with Gasteiger partial charge >= 0.3 is 6.18 Å². The summed E-state index contributed by atoms with van der Waals surface area (Å²) in [7, 11) is 0. The molecule has 21 heavy (non-hydrogen) atoms. The molecular weight excluding hydrogens is 283 g/mol. The third-order valence-electron chi connectivity index (χ3n) is 3.77. The first-order valence-electron chi connectivity index (χ1n) is 6.96. The second kappa shape index (κ2) is 6.58. The number of carbonyl (C=O) groups is 1. The molecule has 3 nitrogen and oxygen atoms in total. The number of aliphatic hydroxyl groups is 1. The number of hydrogen-bond donors (Lipinski definition) is 1. The minimum Gasteiger partial charge on any atom is -0.395 e. The Hall–Kier alpha value is -1.40. The molecule has 0 spiro atoms. The van der Waals surface area contributed by atoms with Crippen molar-refractivity contribution >= 4 is 5.78 Å². The summed E-state index contributed by atoms with van der Waals surface area (Å²) in [4.78, 5) is 14.3. The number of benzene rings is 1. The number of aliphatic hydroxyl groups excluding tert-OH is 1. The summed E-state index contributed by atoms with van der Waals surface area (Å²) in [6.07, 6.45) is -2.95. The third-order valence-corrected chi connectivity index (χ3v) is 3.77. The Morgan fingerprint density at radius 2 is 2.14 bits per heavy atom. The number of β-amino-alcohol motifs (C(OH)–C–C–N with tert-alkyl or cyclic N) is 1. The molecule has 1 N–H and O–H groups in total. The van der Waals surface area contributed by atoms with Gasteiger partial charge in [0.05, 0.1) is 12.2 Å². The first-order valence-corrected chi connectivity index (χ1v) is 6.96. The number of rotatable bonds is 4. The van der Waals surface area contributed by atoms with E-state index < -0.39 is 11.7 Å². The molecule has 1 aliphatic rings. The van der Waals surface area contributed by atoms with E-state index in [0.717, 1.165) is 25.1 Å². The van der Waals surface area contributed by atoms with Crippen LogP contribution >= 0.6 is 0 Å². The van der Waals surface area contributed by atoms with Crippen LogP contribution in [0.5, 0.6) is 0 Å². The van der Waals surface area contributed by atoms with Gasteiger partial charge < -0.3 is 10.0 Å². The molecule has 0 aromatic heterocycles. The van der Waals surface area contributed by atoms with Crippen molar-refractivity contribution in [2.75, 3.05) is 26.2 Å². The molecule has 1 unspecified atom stereocenters. The van der Waals surface area contributed by atoms with Gasteiger partial charge in [-0.2, -0.15) is 13.2 Å². The molecular formula is C15H18F3NO2. The number of Topliss-reactive ketones (excluding diaryl/α,β-unsaturated/α-hetero) is 1. The second-order valence-electron chi connectivity index (χ2n) is 5.31. The molecule has 116 valence electrons. The van der Waals surface area contributed by atoms with Crippen LogP contribution in [0.3, 0.4) is 0 Å². The minimum atomic E-state index is -4.44. The van der Waals surface area contributed by atoms with Crippen LogP contribution < -0.4 is 0 Å². The van der Waals surface area contributed by atoms with Crippen molar-refractivity contribution in [2.24, 2.45) is 5.92 Å². The molecule has 1 aromatic rings. The lowest BCUT2D eigenvalue weighted by molar-refractivity contribution is -0.137. The van der Waals surface area contributed by atoms with E-state index in [1.54, 1.807) is 0 Å². The quantitative estimate of drug-likeness (QED) is 0.869. The van der Waals surface area contributed by atoms with E-state index in [9.17, 15) is 18.0 Å². The molecule has 1 fully saturated rings. The standard InChI is InChI=1S/C15H18F3NO2/c16-15(17,18)13-5-1-3-11(9-13)14(21)12-4-2-6-19(10-12)7-8-20/h1,3,5,9,12,20H,2,4,6-8,10H2. The Kier molecular flexibility index (Phi) is 5.00. The maximum absolute atomic E-state index is 12.7. The molecule has 0 radical (unpaired) electrons. The molecule has 0 amide bonds. The SMILES string of the molecule is O=C(c1cccc(C(F)(F)F)c1)C1CCCN(CCO)C1. The molecule has 1 atom stereocenters. The zero-order valence-corrected chi connectivity index (χ0v) is 11.6. The Morgan fingerprint density at radius 1 is 1.38 bits per heavy atom. The summed E-state index contributed by atoms with van der Waals surface area (Å²) in [6, 6.07) is 4.59. The highest BCUT2D eigenvalue weighted by atomic mass is 19.4. The smallest absolute Gasteiger partial charge is 0.395 e. The topological polar surface area (TPSA) is 40.5 Å². The summed E-state index contributed by atoms with van der Waals surface area (Å²) in [6.45, 7) is 1.82. The summed E-state index contributed by atoms with van der Waals surface area (Å²) in [5.41, 5.74) is -0.683. The fourth-order valence-corrected chi connectivity index (χ4v) is 2.70. The number of ketones is 1. The van der Waals surface area contributed by atoms with Crippen LogP contribution in [-0.2, 0) is 6.18 Å². The molecule has 1 saturated heterocycles. The van der Waals surface area contributed by atoms with E-state index in [-0.39, 0.29) is 23.9 Å². The Balaban J connectivity index is 2.12. The molecule has 2 rings (SSSR count). The fourth-order valence-electron chi connectivity index (χ4n) is 2.70. The van der Waals surface area contributed by atoms with Crippen molar-refractivity contribution in [3.05, 3.63) is 35.4 Å². The average molecular weight is 301 g/mol. The highest BCUT2D eigenvalue weighted by Crippen LogP contribution is 2.30. The van der Waals surface area contributed by atoms with Crippen LogP contribution in [0, 0.1) is 5.92 Å². The third kappa shape index (κ3) is 4.04. The van der Waals surface area contributed by atoms with Crippen LogP contribution in [0.25, 0.3) is 0 Å². The zero-order chi connectivity index (χ0) is 15.5. The van der Waals surface area contributed by atoms with Gasteiger partial charge in [0.25, 0.3) is 0 Å². The van der Waals surface area contributed by atoms with Gasteiger partial charge in [0.1, 0.15) is 0 Å². The van der Waals surface area contributed by atoms with Gasteiger partial charge in [0.15, 0.2) is 5.78 Å². The number of halogens is 3. The second-order valence-corrected chi connectivity index (χ2v) is 5.31. The molecule has 1 aromatic carbocycles. The van der Waals surface area contributed by atoms with Crippen LogP contribution in [0.15, 0.2) is 24.3 Å². The number of piperidine rings is 1. The minimum absolute atomic E-state index is 0.0183. The highest BCUT2D eigenvalue weighted by Gasteiger charge is 2.32. The summed E-state index contributed by atoms with van der Waals surface area (Å²) >= 11 is 0. The van der Waals surface area contributed by atoms with Crippen LogP contribution in [0.4, 0.5) is 13.2 Å². The molecule has 1 aliphatic heterocycles.